The normalized spacial score (nSPS) is 15.1. The third-order valence-electron chi connectivity index (χ3n) is 7.13. The maximum absolute atomic E-state index is 11.4. The summed E-state index contributed by atoms with van der Waals surface area (Å²) in [7, 11) is -5.46. The number of nitrogens with zero attached hydrogens (tertiary/aromatic N) is 2. The van der Waals surface area contributed by atoms with Crippen LogP contribution in [-0.2, 0) is 26.8 Å². The molecule has 4 aromatic rings. The van der Waals surface area contributed by atoms with Crippen molar-refractivity contribution < 1.29 is 40.0 Å². The Bertz CT molecular complexity index is 1980. The van der Waals surface area contributed by atoms with Gasteiger partial charge in [-0.3, -0.25) is 0 Å². The second-order valence-electron chi connectivity index (χ2n) is 10.1. The monoisotopic (exact) mass is 743 g/mol. The van der Waals surface area contributed by atoms with Gasteiger partial charge in [0.25, 0.3) is 0 Å². The Morgan fingerprint density at radius 3 is 2.48 bits per heavy atom. The molecule has 0 amide bonds. The topological polar surface area (TPSA) is 140 Å². The van der Waals surface area contributed by atoms with Gasteiger partial charge in [-0.2, -0.15) is 0 Å². The number of ether oxygens (including phenoxy) is 2. The first-order chi connectivity index (χ1) is 20.9. The van der Waals surface area contributed by atoms with Gasteiger partial charge >= 0.3 is 273 Å². The molecule has 1 aliphatic rings. The Hall–Kier alpha value is -2.49. The van der Waals surface area contributed by atoms with Crippen molar-refractivity contribution in [3.63, 3.8) is 0 Å². The number of hydrogen-bond acceptors (Lipinski definition) is 11. The van der Waals surface area contributed by atoms with Crippen molar-refractivity contribution in [3.05, 3.63) is 57.0 Å². The van der Waals surface area contributed by atoms with Gasteiger partial charge in [0.05, 0.1) is 0 Å². The molecule has 3 heterocycles. The van der Waals surface area contributed by atoms with E-state index in [4.69, 9.17) is 9.47 Å². The van der Waals surface area contributed by atoms with Crippen molar-refractivity contribution in [2.75, 3.05) is 37.2 Å². The average molecular weight is 743 g/mol. The van der Waals surface area contributed by atoms with Crippen LogP contribution in [0.25, 0.3) is 26.4 Å². The Morgan fingerprint density at radius 2 is 1.80 bits per heavy atom. The van der Waals surface area contributed by atoms with Crippen LogP contribution in [0.1, 0.15) is 31.2 Å². The first kappa shape index (κ1) is 32.9. The first-order valence-corrected chi connectivity index (χ1v) is 20.3. The molecule has 0 fully saturated rings. The first-order valence-electron chi connectivity index (χ1n) is 13.7. The van der Waals surface area contributed by atoms with E-state index in [2.05, 4.69) is 28.5 Å². The van der Waals surface area contributed by atoms with Gasteiger partial charge < -0.3 is 0 Å². The predicted octanol–water partition coefficient (Wildman–Crippen LogP) is 3.78. The second kappa shape index (κ2) is 13.5. The van der Waals surface area contributed by atoms with E-state index in [-0.39, 0.29) is 27.8 Å². The summed E-state index contributed by atoms with van der Waals surface area (Å²) in [6.07, 6.45) is 5.29. The molecule has 10 nitrogen and oxygen atoms in total. The molecule has 0 N–H and O–H groups in total. The summed E-state index contributed by atoms with van der Waals surface area (Å²) in [5.41, 5.74) is 2.94. The second-order valence-corrected chi connectivity index (χ2v) is 17.3. The van der Waals surface area contributed by atoms with Crippen molar-refractivity contribution in [2.45, 2.75) is 32.7 Å². The zero-order valence-electron chi connectivity index (χ0n) is 24.3. The summed E-state index contributed by atoms with van der Waals surface area (Å²) in [6.45, 7) is 2.78. The van der Waals surface area contributed by atoms with Gasteiger partial charge in [-0.1, -0.05) is 0 Å². The van der Waals surface area contributed by atoms with Gasteiger partial charge in [-0.05, 0) is 0 Å². The zero-order chi connectivity index (χ0) is 31.6. The molecule has 236 valence electrons. The number of anilines is 1. The van der Waals surface area contributed by atoms with Crippen LogP contribution < -0.4 is 23.4 Å². The van der Waals surface area contributed by atoms with E-state index in [9.17, 15) is 25.9 Å². The summed E-state index contributed by atoms with van der Waals surface area (Å²) in [5.74, 6) is 0.555. The van der Waals surface area contributed by atoms with E-state index in [1.54, 1.807) is 36.9 Å². The number of aromatic nitrogens is 1. The van der Waals surface area contributed by atoms with Crippen LogP contribution in [0.15, 0.2) is 52.0 Å². The molecule has 5 rings (SSSR count). The molecule has 15 heteroatoms. The summed E-state index contributed by atoms with van der Waals surface area (Å²) in [5, 5.41) is 3.88. The molecule has 0 saturated carbocycles. The standard InChI is InChI=1S/C29H32N2O8S4Se/c1-4-19(16-27-30(10-5-13-42(32,33)34)22-17-20(38-2)7-8-25(22)44-27)15-26-31(11-6-14-43(35,36)37)28-24(41-26)18-23(39-3)21-9-12-40-29(21)28/h7-9,12,15-18H,4-6,10-11,13-14H2,1-3H3,(H-,32,33,34,35,36,37)/p-1. The Kier molecular flexibility index (Phi) is 10.1. The molecule has 0 unspecified atom stereocenters. The van der Waals surface area contributed by atoms with Crippen LogP contribution in [0.5, 0.6) is 11.5 Å². The molecule has 0 bridgehead atoms. The molecule has 0 spiro atoms. The third kappa shape index (κ3) is 7.48. The van der Waals surface area contributed by atoms with Crippen molar-refractivity contribution in [3.8, 4) is 11.5 Å². The van der Waals surface area contributed by atoms with Crippen LogP contribution in [-0.4, -0.2) is 73.2 Å². The molecular weight excluding hydrogens is 712 g/mol. The quantitative estimate of drug-likeness (QED) is 0.114. The number of benzene rings is 2. The number of fused-ring (bicyclic) bond motifs is 4. The van der Waals surface area contributed by atoms with Crippen molar-refractivity contribution in [1.82, 2.24) is 0 Å². The van der Waals surface area contributed by atoms with Crippen LogP contribution >= 0.6 is 22.7 Å². The zero-order valence-corrected chi connectivity index (χ0v) is 29.2. The molecule has 0 radical (unpaired) electrons. The van der Waals surface area contributed by atoms with Crippen LogP contribution in [0.4, 0.5) is 5.69 Å². The number of aryl methyl sites for hydroxylation is 1. The molecule has 1 aliphatic heterocycles. The number of thiophene rings is 1. The number of rotatable bonds is 13. The molecule has 0 saturated heterocycles. The number of methoxy groups -OCH3 is 2. The minimum absolute atomic E-state index is 0.0681. The fraction of sp³-hybridized carbons (Fsp3) is 0.345. The Labute approximate surface area is 271 Å². The van der Waals surface area contributed by atoms with Crippen molar-refractivity contribution in [2.24, 2.45) is 0 Å². The minimum atomic E-state index is -4.36. The van der Waals surface area contributed by atoms with E-state index < -0.39 is 31.7 Å². The maximum atomic E-state index is 11.4. The molecular formula is C29H31N2O8S4Se-. The molecule has 2 aromatic carbocycles. The van der Waals surface area contributed by atoms with Crippen molar-refractivity contribution in [1.29, 1.82) is 0 Å². The van der Waals surface area contributed by atoms with Gasteiger partial charge in [-0.25, -0.2) is 0 Å². The molecule has 0 aliphatic carbocycles. The van der Waals surface area contributed by atoms with Crippen LogP contribution in [0.2, 0.25) is 0 Å². The summed E-state index contributed by atoms with van der Waals surface area (Å²) in [4.78, 5) is 2.07. The Morgan fingerprint density at radius 1 is 1.05 bits per heavy atom. The fourth-order valence-electron chi connectivity index (χ4n) is 5.08. The van der Waals surface area contributed by atoms with E-state index in [1.165, 1.54) is 0 Å². The van der Waals surface area contributed by atoms with Gasteiger partial charge in [-0.15, -0.1) is 0 Å². The molecule has 0 atom stereocenters. The van der Waals surface area contributed by atoms with Gasteiger partial charge in [0, 0.05) is 0 Å². The number of thiazole rings is 1. The van der Waals surface area contributed by atoms with E-state index in [0.717, 1.165) is 51.4 Å². The number of allylic oxidation sites excluding steroid dienone is 2. The Balaban J connectivity index is 1.58. The van der Waals surface area contributed by atoms with Crippen LogP contribution in [0.3, 0.4) is 0 Å². The van der Waals surface area contributed by atoms with Crippen molar-refractivity contribution >= 4 is 94.4 Å². The summed E-state index contributed by atoms with van der Waals surface area (Å²) in [6, 6.07) is 9.85. The van der Waals surface area contributed by atoms with E-state index >= 15 is 0 Å². The predicted molar refractivity (Wildman–Crippen MR) is 174 cm³/mol. The van der Waals surface area contributed by atoms with E-state index in [1.807, 2.05) is 35.7 Å². The van der Waals surface area contributed by atoms with Gasteiger partial charge in [0.15, 0.2) is 0 Å². The summed E-state index contributed by atoms with van der Waals surface area (Å²) < 4.78 is 85.6. The average Bonchev–Trinajstić information content (AvgIpc) is 3.66. The van der Waals surface area contributed by atoms with Gasteiger partial charge in [0.1, 0.15) is 0 Å². The fourth-order valence-corrected chi connectivity index (χ4v) is 10.7. The summed E-state index contributed by atoms with van der Waals surface area (Å²) >= 11 is 3.09. The molecule has 2 aromatic heterocycles. The SMILES string of the molecule is CCC(=Cc1sc2cc(OC)c3ccsc3c2[n+]1CCCS(=O)(=O)[O-])C=C1[Se]c2ccc(OC)cc2N1CCCS(=O)(=O)[O-]. The van der Waals surface area contributed by atoms with Gasteiger partial charge in [0.2, 0.25) is 0 Å². The number of hydrogen-bond donors (Lipinski definition) is 0. The van der Waals surface area contributed by atoms with E-state index in [0.29, 0.717) is 25.3 Å². The van der Waals surface area contributed by atoms with Crippen LogP contribution in [0, 0.1) is 0 Å². The molecule has 44 heavy (non-hydrogen) atoms. The third-order valence-corrected chi connectivity index (χ3v) is 13.0.